The Kier molecular flexibility index (Phi) is 7.20. The summed E-state index contributed by atoms with van der Waals surface area (Å²) < 4.78 is 0. The molecule has 1 aliphatic rings. The molecule has 0 aromatic heterocycles. The van der Waals surface area contributed by atoms with Crippen molar-refractivity contribution in [3.63, 3.8) is 0 Å². The van der Waals surface area contributed by atoms with E-state index in [0.29, 0.717) is 6.54 Å². The maximum Gasteiger partial charge on any atom is 0.232 e. The van der Waals surface area contributed by atoms with Crippen LogP contribution in [0.5, 0.6) is 0 Å². The number of hydrogen-bond acceptors (Lipinski definition) is 3. The fourth-order valence-electron chi connectivity index (χ4n) is 3.63. The van der Waals surface area contributed by atoms with E-state index in [1.54, 1.807) is 11.9 Å². The molecular weight excluding hydrogens is 350 g/mol. The predicted molar refractivity (Wildman–Crippen MR) is 111 cm³/mol. The first-order chi connectivity index (χ1) is 13.6. The zero-order valence-electron chi connectivity index (χ0n) is 16.5. The maximum absolute atomic E-state index is 12.8. The molecular formula is C23H29N3O2. The van der Waals surface area contributed by atoms with Crippen LogP contribution in [0.15, 0.2) is 60.7 Å². The van der Waals surface area contributed by atoms with Crippen LogP contribution < -0.4 is 5.32 Å². The number of benzene rings is 2. The molecule has 0 saturated carbocycles. The van der Waals surface area contributed by atoms with Crippen LogP contribution in [0, 0.1) is 0 Å². The first kappa shape index (κ1) is 20.1. The Morgan fingerprint density at radius 1 is 1.00 bits per heavy atom. The summed E-state index contributed by atoms with van der Waals surface area (Å²) in [6.45, 7) is 3.39. The molecule has 28 heavy (non-hydrogen) atoms. The van der Waals surface area contributed by atoms with Crippen LogP contribution >= 0.6 is 0 Å². The Bertz CT molecular complexity index is 758. The highest BCUT2D eigenvalue weighted by Crippen LogP contribution is 2.23. The lowest BCUT2D eigenvalue weighted by Gasteiger charge is -2.32. The van der Waals surface area contributed by atoms with Gasteiger partial charge in [-0.05, 0) is 37.1 Å². The molecule has 0 bridgehead atoms. The summed E-state index contributed by atoms with van der Waals surface area (Å²) in [5.74, 6) is -0.396. The minimum absolute atomic E-state index is 0.0475. The molecule has 1 heterocycles. The van der Waals surface area contributed by atoms with Gasteiger partial charge in [0.25, 0.3) is 0 Å². The number of nitrogens with zero attached hydrogens (tertiary/aromatic N) is 2. The van der Waals surface area contributed by atoms with Gasteiger partial charge in [0.15, 0.2) is 0 Å². The monoisotopic (exact) mass is 379 g/mol. The number of carbonyl (C=O) groups excluding carboxylic acids is 2. The number of nitrogens with one attached hydrogen (secondary N) is 1. The average molecular weight is 380 g/mol. The summed E-state index contributed by atoms with van der Waals surface area (Å²) in [6.07, 6.45) is 2.29. The maximum atomic E-state index is 12.8. The molecule has 1 fully saturated rings. The second-order valence-electron chi connectivity index (χ2n) is 7.38. The van der Waals surface area contributed by atoms with Crippen molar-refractivity contribution in [3.8, 4) is 0 Å². The van der Waals surface area contributed by atoms with Crippen molar-refractivity contribution in [1.29, 1.82) is 0 Å². The molecule has 2 amide bonds. The third-order valence-electron chi connectivity index (χ3n) is 5.32. The quantitative estimate of drug-likeness (QED) is 0.718. The molecule has 2 aromatic rings. The van der Waals surface area contributed by atoms with Gasteiger partial charge in [-0.15, -0.1) is 0 Å². The fourth-order valence-corrected chi connectivity index (χ4v) is 3.63. The van der Waals surface area contributed by atoms with E-state index >= 15 is 0 Å². The van der Waals surface area contributed by atoms with Crippen LogP contribution in [0.4, 0.5) is 0 Å². The van der Waals surface area contributed by atoms with Crippen molar-refractivity contribution in [1.82, 2.24) is 15.1 Å². The normalized spacial score (nSPS) is 15.2. The van der Waals surface area contributed by atoms with E-state index in [4.69, 9.17) is 0 Å². The lowest BCUT2D eigenvalue weighted by atomic mass is 10.0. The number of likely N-dealkylation sites (N-methyl/N-ethyl adjacent to an activating group) is 1. The number of carbonyl (C=O) groups is 2. The smallest absolute Gasteiger partial charge is 0.232 e. The topological polar surface area (TPSA) is 52.7 Å². The van der Waals surface area contributed by atoms with Crippen LogP contribution in [-0.4, -0.2) is 48.3 Å². The Morgan fingerprint density at radius 2 is 1.61 bits per heavy atom. The van der Waals surface area contributed by atoms with Gasteiger partial charge in [-0.3, -0.25) is 9.59 Å². The highest BCUT2D eigenvalue weighted by Gasteiger charge is 2.26. The predicted octanol–water partition coefficient (Wildman–Crippen LogP) is 2.99. The van der Waals surface area contributed by atoms with Crippen LogP contribution in [0.2, 0.25) is 0 Å². The van der Waals surface area contributed by atoms with Crippen molar-refractivity contribution in [2.45, 2.75) is 31.8 Å². The summed E-state index contributed by atoms with van der Waals surface area (Å²) in [5.41, 5.74) is 2.13. The van der Waals surface area contributed by atoms with Gasteiger partial charge in [-0.2, -0.15) is 0 Å². The second-order valence-corrected chi connectivity index (χ2v) is 7.38. The summed E-state index contributed by atoms with van der Waals surface area (Å²) in [6, 6.07) is 19.8. The number of amides is 2. The van der Waals surface area contributed by atoms with Gasteiger partial charge in [-0.1, -0.05) is 60.7 Å². The molecule has 1 N–H and O–H groups in total. The molecule has 0 aliphatic carbocycles. The summed E-state index contributed by atoms with van der Waals surface area (Å²) >= 11 is 0. The lowest BCUT2D eigenvalue weighted by molar-refractivity contribution is -0.137. The van der Waals surface area contributed by atoms with Crippen LogP contribution in [-0.2, 0) is 16.1 Å². The Hall–Kier alpha value is -2.66. The van der Waals surface area contributed by atoms with Gasteiger partial charge < -0.3 is 15.1 Å². The molecule has 2 aromatic carbocycles. The summed E-state index contributed by atoms with van der Waals surface area (Å²) in [5, 5.41) is 2.84. The van der Waals surface area contributed by atoms with E-state index in [-0.39, 0.29) is 24.3 Å². The van der Waals surface area contributed by atoms with E-state index in [0.717, 1.165) is 30.8 Å². The summed E-state index contributed by atoms with van der Waals surface area (Å²) in [7, 11) is 1.81. The van der Waals surface area contributed by atoms with Gasteiger partial charge in [-0.25, -0.2) is 0 Å². The van der Waals surface area contributed by atoms with Crippen LogP contribution in [0.25, 0.3) is 0 Å². The van der Waals surface area contributed by atoms with Crippen molar-refractivity contribution < 1.29 is 9.59 Å². The average Bonchev–Trinajstić information content (AvgIpc) is 3.25. The molecule has 1 aliphatic heterocycles. The molecule has 148 valence electrons. The van der Waals surface area contributed by atoms with E-state index < -0.39 is 0 Å². The van der Waals surface area contributed by atoms with Crippen molar-refractivity contribution >= 4 is 11.8 Å². The zero-order chi connectivity index (χ0) is 19.8. The van der Waals surface area contributed by atoms with Crippen LogP contribution in [0.1, 0.15) is 36.4 Å². The molecule has 5 heteroatoms. The minimum atomic E-state index is -0.242. The van der Waals surface area contributed by atoms with Crippen LogP contribution in [0.3, 0.4) is 0 Å². The third-order valence-corrected chi connectivity index (χ3v) is 5.32. The molecule has 0 radical (unpaired) electrons. The van der Waals surface area contributed by atoms with Gasteiger partial charge in [0.05, 0.1) is 6.04 Å². The fraction of sp³-hybridized carbons (Fsp3) is 0.391. The summed E-state index contributed by atoms with van der Waals surface area (Å²) in [4.78, 5) is 29.2. The second kappa shape index (κ2) is 10.0. The number of likely N-dealkylation sites (tertiary alicyclic amines) is 1. The van der Waals surface area contributed by atoms with E-state index in [9.17, 15) is 9.59 Å². The SMILES string of the molecule is CN(C(=O)CC(=O)NCc1ccccc1)C(CN1CCCC1)c1ccccc1. The largest absolute Gasteiger partial charge is 0.352 e. The molecule has 1 unspecified atom stereocenters. The van der Waals surface area contributed by atoms with Gasteiger partial charge in [0.1, 0.15) is 6.42 Å². The first-order valence-electron chi connectivity index (χ1n) is 9.97. The van der Waals surface area contributed by atoms with Gasteiger partial charge in [0.2, 0.25) is 11.8 Å². The van der Waals surface area contributed by atoms with Gasteiger partial charge in [0, 0.05) is 20.1 Å². The van der Waals surface area contributed by atoms with Crippen molar-refractivity contribution in [2.75, 3.05) is 26.7 Å². The molecule has 1 atom stereocenters. The number of rotatable bonds is 8. The van der Waals surface area contributed by atoms with E-state index in [2.05, 4.69) is 22.3 Å². The van der Waals surface area contributed by atoms with Gasteiger partial charge >= 0.3 is 0 Å². The Morgan fingerprint density at radius 3 is 2.25 bits per heavy atom. The zero-order valence-corrected chi connectivity index (χ0v) is 16.5. The highest BCUT2D eigenvalue weighted by atomic mass is 16.2. The molecule has 1 saturated heterocycles. The molecule has 0 spiro atoms. The molecule has 5 nitrogen and oxygen atoms in total. The standard InChI is InChI=1S/C23H29N3O2/c1-25(23(28)16-22(27)24-17-19-10-4-2-5-11-19)21(18-26-14-8-9-15-26)20-12-6-3-7-13-20/h2-7,10-13,21H,8-9,14-18H2,1H3,(H,24,27). The van der Waals surface area contributed by atoms with Crippen molar-refractivity contribution in [2.24, 2.45) is 0 Å². The highest BCUT2D eigenvalue weighted by molar-refractivity contribution is 5.96. The first-order valence-corrected chi connectivity index (χ1v) is 9.97. The van der Waals surface area contributed by atoms with E-state index in [1.165, 1.54) is 12.8 Å². The Balaban J connectivity index is 1.59. The third kappa shape index (κ3) is 5.67. The van der Waals surface area contributed by atoms with E-state index in [1.807, 2.05) is 48.5 Å². The Labute approximate surface area is 167 Å². The minimum Gasteiger partial charge on any atom is -0.352 e. The molecule has 3 rings (SSSR count). The number of hydrogen-bond donors (Lipinski definition) is 1. The van der Waals surface area contributed by atoms with Crippen molar-refractivity contribution in [3.05, 3.63) is 71.8 Å². The lowest BCUT2D eigenvalue weighted by Crippen LogP contribution is -2.40.